The second kappa shape index (κ2) is 5.37. The molecule has 0 atom stereocenters. The molecule has 2 aromatic rings. The molecule has 0 fully saturated rings. The van der Waals surface area contributed by atoms with Gasteiger partial charge in [-0.1, -0.05) is 0 Å². The SMILES string of the molecule is CSCCCNc1nccc2sccc12. The lowest BCUT2D eigenvalue weighted by atomic mass is 10.3. The first kappa shape index (κ1) is 10.8. The number of nitrogens with zero attached hydrogens (tertiary/aromatic N) is 1. The van der Waals surface area contributed by atoms with Crippen LogP contribution in [-0.4, -0.2) is 23.5 Å². The number of thioether (sulfide) groups is 1. The van der Waals surface area contributed by atoms with E-state index in [-0.39, 0.29) is 0 Å². The molecule has 15 heavy (non-hydrogen) atoms. The first-order valence-electron chi connectivity index (χ1n) is 4.97. The van der Waals surface area contributed by atoms with Gasteiger partial charge in [0.25, 0.3) is 0 Å². The van der Waals surface area contributed by atoms with Crippen molar-refractivity contribution in [3.05, 3.63) is 23.7 Å². The Balaban J connectivity index is 2.04. The van der Waals surface area contributed by atoms with Crippen LogP contribution in [0.2, 0.25) is 0 Å². The topological polar surface area (TPSA) is 24.9 Å². The molecular weight excluding hydrogens is 224 g/mol. The Morgan fingerprint density at radius 3 is 3.27 bits per heavy atom. The summed E-state index contributed by atoms with van der Waals surface area (Å²) in [6.07, 6.45) is 5.19. The highest BCUT2D eigenvalue weighted by Crippen LogP contribution is 2.25. The monoisotopic (exact) mass is 238 g/mol. The second-order valence-electron chi connectivity index (χ2n) is 3.27. The van der Waals surface area contributed by atoms with E-state index in [4.69, 9.17) is 0 Å². The molecule has 0 radical (unpaired) electrons. The van der Waals surface area contributed by atoms with E-state index < -0.39 is 0 Å². The molecule has 0 saturated heterocycles. The molecule has 0 spiro atoms. The first-order chi connectivity index (χ1) is 7.42. The van der Waals surface area contributed by atoms with Gasteiger partial charge in [-0.2, -0.15) is 11.8 Å². The van der Waals surface area contributed by atoms with Crippen LogP contribution in [0, 0.1) is 0 Å². The summed E-state index contributed by atoms with van der Waals surface area (Å²) in [6, 6.07) is 4.19. The third-order valence-electron chi connectivity index (χ3n) is 2.20. The van der Waals surface area contributed by atoms with Gasteiger partial charge in [0.2, 0.25) is 0 Å². The van der Waals surface area contributed by atoms with Gasteiger partial charge in [0.1, 0.15) is 5.82 Å². The largest absolute Gasteiger partial charge is 0.370 e. The Morgan fingerprint density at radius 1 is 1.47 bits per heavy atom. The second-order valence-corrected chi connectivity index (χ2v) is 5.20. The highest BCUT2D eigenvalue weighted by molar-refractivity contribution is 7.98. The van der Waals surface area contributed by atoms with Crippen LogP contribution in [0.25, 0.3) is 10.1 Å². The van der Waals surface area contributed by atoms with E-state index in [1.807, 2.05) is 18.0 Å². The Bertz CT molecular complexity index is 425. The van der Waals surface area contributed by atoms with E-state index in [1.54, 1.807) is 11.3 Å². The summed E-state index contributed by atoms with van der Waals surface area (Å²) >= 11 is 3.64. The number of nitrogens with one attached hydrogen (secondary N) is 1. The summed E-state index contributed by atoms with van der Waals surface area (Å²) < 4.78 is 1.30. The number of hydrogen-bond donors (Lipinski definition) is 1. The summed E-state index contributed by atoms with van der Waals surface area (Å²) in [4.78, 5) is 4.37. The number of fused-ring (bicyclic) bond motifs is 1. The fraction of sp³-hybridized carbons (Fsp3) is 0.364. The van der Waals surface area contributed by atoms with Gasteiger partial charge >= 0.3 is 0 Å². The molecule has 2 rings (SSSR count). The molecule has 0 bridgehead atoms. The summed E-state index contributed by atoms with van der Waals surface area (Å²) in [5.74, 6) is 2.22. The van der Waals surface area contributed by atoms with Crippen LogP contribution in [0.15, 0.2) is 23.7 Å². The molecule has 0 aromatic carbocycles. The number of thiophene rings is 1. The smallest absolute Gasteiger partial charge is 0.134 e. The van der Waals surface area contributed by atoms with Crippen molar-refractivity contribution in [2.45, 2.75) is 6.42 Å². The van der Waals surface area contributed by atoms with E-state index in [9.17, 15) is 0 Å². The van der Waals surface area contributed by atoms with Gasteiger partial charge < -0.3 is 5.32 Å². The molecular formula is C11H14N2S2. The quantitative estimate of drug-likeness (QED) is 0.807. The number of anilines is 1. The standard InChI is InChI=1S/C11H14N2S2/c1-14-7-2-5-12-11-9-4-8-15-10(9)3-6-13-11/h3-4,6,8H,2,5,7H2,1H3,(H,12,13). The van der Waals surface area contributed by atoms with E-state index >= 15 is 0 Å². The minimum atomic E-state index is 1.00. The zero-order valence-corrected chi connectivity index (χ0v) is 10.3. The van der Waals surface area contributed by atoms with E-state index in [0.717, 1.165) is 12.4 Å². The van der Waals surface area contributed by atoms with Gasteiger partial charge in [-0.15, -0.1) is 11.3 Å². The molecule has 80 valence electrons. The van der Waals surface area contributed by atoms with Gasteiger partial charge in [0.05, 0.1) is 0 Å². The minimum absolute atomic E-state index is 1.00. The summed E-state index contributed by atoms with van der Waals surface area (Å²) in [5, 5.41) is 6.74. The van der Waals surface area contributed by atoms with Crippen LogP contribution in [0.5, 0.6) is 0 Å². The van der Waals surface area contributed by atoms with Crippen LogP contribution in [0.1, 0.15) is 6.42 Å². The molecule has 0 aliphatic rings. The molecule has 2 nitrogen and oxygen atoms in total. The van der Waals surface area contributed by atoms with Crippen molar-refractivity contribution in [2.75, 3.05) is 23.9 Å². The van der Waals surface area contributed by atoms with E-state index in [2.05, 4.69) is 34.1 Å². The number of aromatic nitrogens is 1. The molecule has 0 aliphatic carbocycles. The van der Waals surface area contributed by atoms with Crippen molar-refractivity contribution < 1.29 is 0 Å². The Labute approximate surface area is 98.1 Å². The van der Waals surface area contributed by atoms with Gasteiger partial charge in [-0.25, -0.2) is 4.98 Å². The fourth-order valence-corrected chi connectivity index (χ4v) is 2.67. The predicted molar refractivity (Wildman–Crippen MR) is 71.1 cm³/mol. The van der Waals surface area contributed by atoms with Gasteiger partial charge in [-0.3, -0.25) is 0 Å². The Kier molecular flexibility index (Phi) is 3.86. The summed E-state index contributed by atoms with van der Waals surface area (Å²) in [7, 11) is 0. The number of pyridine rings is 1. The number of rotatable bonds is 5. The van der Waals surface area contributed by atoms with Crippen LogP contribution in [-0.2, 0) is 0 Å². The van der Waals surface area contributed by atoms with E-state index in [0.29, 0.717) is 0 Å². The zero-order chi connectivity index (χ0) is 10.5. The van der Waals surface area contributed by atoms with Crippen molar-refractivity contribution in [3.63, 3.8) is 0 Å². The van der Waals surface area contributed by atoms with Crippen molar-refractivity contribution in [1.29, 1.82) is 0 Å². The predicted octanol–water partition coefficient (Wildman–Crippen LogP) is 3.46. The highest BCUT2D eigenvalue weighted by Gasteiger charge is 2.01. The summed E-state index contributed by atoms with van der Waals surface area (Å²) in [5.41, 5.74) is 0. The van der Waals surface area contributed by atoms with Crippen LogP contribution in [0.3, 0.4) is 0 Å². The first-order valence-corrected chi connectivity index (χ1v) is 7.24. The molecule has 0 amide bonds. The van der Waals surface area contributed by atoms with Crippen molar-refractivity contribution >= 4 is 39.0 Å². The fourth-order valence-electron chi connectivity index (χ4n) is 1.46. The molecule has 2 heterocycles. The number of hydrogen-bond acceptors (Lipinski definition) is 4. The van der Waals surface area contributed by atoms with Crippen LogP contribution >= 0.6 is 23.1 Å². The van der Waals surface area contributed by atoms with Crippen LogP contribution < -0.4 is 5.32 Å². The molecule has 0 saturated carbocycles. The third-order valence-corrected chi connectivity index (χ3v) is 3.78. The molecule has 4 heteroatoms. The molecule has 1 N–H and O–H groups in total. The average molecular weight is 238 g/mol. The van der Waals surface area contributed by atoms with Gasteiger partial charge in [0, 0.05) is 22.8 Å². The van der Waals surface area contributed by atoms with Crippen molar-refractivity contribution in [2.24, 2.45) is 0 Å². The molecule has 0 unspecified atom stereocenters. The highest BCUT2D eigenvalue weighted by atomic mass is 32.2. The van der Waals surface area contributed by atoms with Crippen molar-refractivity contribution in [1.82, 2.24) is 4.98 Å². The van der Waals surface area contributed by atoms with Crippen molar-refractivity contribution in [3.8, 4) is 0 Å². The normalized spacial score (nSPS) is 10.7. The Hall–Kier alpha value is -0.740. The van der Waals surface area contributed by atoms with Crippen LogP contribution in [0.4, 0.5) is 5.82 Å². The molecule has 0 aliphatic heterocycles. The lowest BCUT2D eigenvalue weighted by Crippen LogP contribution is -2.04. The van der Waals surface area contributed by atoms with E-state index in [1.165, 1.54) is 22.3 Å². The maximum absolute atomic E-state index is 4.37. The maximum atomic E-state index is 4.37. The minimum Gasteiger partial charge on any atom is -0.370 e. The Morgan fingerprint density at radius 2 is 2.40 bits per heavy atom. The zero-order valence-electron chi connectivity index (χ0n) is 8.69. The molecule has 2 aromatic heterocycles. The lowest BCUT2D eigenvalue weighted by molar-refractivity contribution is 0.985. The lowest BCUT2D eigenvalue weighted by Gasteiger charge is -2.05. The third kappa shape index (κ3) is 2.63. The van der Waals surface area contributed by atoms with Gasteiger partial charge in [-0.05, 0) is 35.9 Å². The van der Waals surface area contributed by atoms with Gasteiger partial charge in [0.15, 0.2) is 0 Å². The summed E-state index contributed by atoms with van der Waals surface area (Å²) in [6.45, 7) is 1.00. The maximum Gasteiger partial charge on any atom is 0.134 e. The average Bonchev–Trinajstić information content (AvgIpc) is 2.73.